The quantitative estimate of drug-likeness (QED) is 0.644. The summed E-state index contributed by atoms with van der Waals surface area (Å²) in [5, 5.41) is 13.1. The second-order valence-electron chi connectivity index (χ2n) is 4.73. The number of hydrogen-bond donors (Lipinski definition) is 1. The van der Waals surface area contributed by atoms with E-state index in [0.717, 1.165) is 31.4 Å². The number of halogens is 2. The predicted octanol–water partition coefficient (Wildman–Crippen LogP) is 5.55. The van der Waals surface area contributed by atoms with Gasteiger partial charge in [-0.15, -0.1) is 0 Å². The van der Waals surface area contributed by atoms with Crippen LogP contribution in [0.4, 0.5) is 0 Å². The number of rotatable bonds is 2. The van der Waals surface area contributed by atoms with Crippen molar-refractivity contribution in [3.05, 3.63) is 75.2 Å². The van der Waals surface area contributed by atoms with Gasteiger partial charge in [0.05, 0.1) is 0 Å². The van der Waals surface area contributed by atoms with Crippen molar-refractivity contribution in [3.63, 3.8) is 0 Å². The fourth-order valence-electron chi connectivity index (χ4n) is 2.35. The Labute approximate surface area is 131 Å². The Balaban J connectivity index is 2.10. The molecular formula is C17H12BrClO. The molecule has 0 unspecified atom stereocenters. The molecule has 0 saturated heterocycles. The van der Waals surface area contributed by atoms with Crippen molar-refractivity contribution < 1.29 is 5.11 Å². The molecule has 0 atom stereocenters. The molecule has 0 bridgehead atoms. The van der Waals surface area contributed by atoms with Crippen molar-refractivity contribution in [1.82, 2.24) is 0 Å². The van der Waals surface area contributed by atoms with Crippen LogP contribution in [0.25, 0.3) is 10.8 Å². The van der Waals surface area contributed by atoms with E-state index in [1.165, 1.54) is 0 Å². The molecule has 0 radical (unpaired) electrons. The molecule has 0 aliphatic heterocycles. The van der Waals surface area contributed by atoms with Crippen LogP contribution in [-0.2, 0) is 6.42 Å². The number of benzene rings is 3. The molecule has 0 heterocycles. The molecule has 20 heavy (non-hydrogen) atoms. The normalized spacial score (nSPS) is 10.9. The monoisotopic (exact) mass is 346 g/mol. The average Bonchev–Trinajstić information content (AvgIpc) is 2.44. The van der Waals surface area contributed by atoms with Gasteiger partial charge in [-0.05, 0) is 46.7 Å². The van der Waals surface area contributed by atoms with Crippen LogP contribution in [0.2, 0.25) is 5.02 Å². The molecule has 3 heteroatoms. The lowest BCUT2D eigenvalue weighted by molar-refractivity contribution is 0.470. The van der Waals surface area contributed by atoms with Gasteiger partial charge in [-0.3, -0.25) is 0 Å². The van der Waals surface area contributed by atoms with Crippen molar-refractivity contribution >= 4 is 38.3 Å². The second kappa shape index (κ2) is 5.47. The molecule has 0 spiro atoms. The number of phenolic OH excluding ortho intramolecular Hbond substituents is 1. The number of hydrogen-bond acceptors (Lipinski definition) is 1. The van der Waals surface area contributed by atoms with Gasteiger partial charge in [0, 0.05) is 21.5 Å². The highest BCUT2D eigenvalue weighted by Crippen LogP contribution is 2.31. The van der Waals surface area contributed by atoms with Gasteiger partial charge in [-0.1, -0.05) is 51.8 Å². The van der Waals surface area contributed by atoms with E-state index >= 15 is 0 Å². The number of fused-ring (bicyclic) bond motifs is 1. The summed E-state index contributed by atoms with van der Waals surface area (Å²) in [6, 6.07) is 17.5. The van der Waals surface area contributed by atoms with Gasteiger partial charge in [0.25, 0.3) is 0 Å². The molecular weight excluding hydrogens is 336 g/mol. The first kappa shape index (κ1) is 13.5. The van der Waals surface area contributed by atoms with Crippen LogP contribution in [0, 0.1) is 0 Å². The molecule has 1 N–H and O–H groups in total. The summed E-state index contributed by atoms with van der Waals surface area (Å²) in [4.78, 5) is 0. The zero-order valence-electron chi connectivity index (χ0n) is 10.6. The Kier molecular flexibility index (Phi) is 3.68. The van der Waals surface area contributed by atoms with Gasteiger partial charge in [-0.25, -0.2) is 0 Å². The van der Waals surface area contributed by atoms with E-state index < -0.39 is 0 Å². The van der Waals surface area contributed by atoms with E-state index in [9.17, 15) is 5.11 Å². The summed E-state index contributed by atoms with van der Waals surface area (Å²) < 4.78 is 1.04. The first-order chi connectivity index (χ1) is 9.63. The van der Waals surface area contributed by atoms with Crippen molar-refractivity contribution in [2.75, 3.05) is 0 Å². The molecule has 1 nitrogen and oxygen atoms in total. The van der Waals surface area contributed by atoms with Gasteiger partial charge in [0.15, 0.2) is 0 Å². The first-order valence-electron chi connectivity index (χ1n) is 6.28. The minimum absolute atomic E-state index is 0.328. The topological polar surface area (TPSA) is 20.2 Å². The maximum absolute atomic E-state index is 10.2. The third-order valence-corrected chi connectivity index (χ3v) is 4.11. The third-order valence-electron chi connectivity index (χ3n) is 3.36. The Morgan fingerprint density at radius 2 is 1.70 bits per heavy atom. The molecule has 0 fully saturated rings. The SMILES string of the molecule is Oc1ccc2cc(Br)ccc2c1Cc1ccc(Cl)cc1. The van der Waals surface area contributed by atoms with Crippen LogP contribution >= 0.6 is 27.5 Å². The smallest absolute Gasteiger partial charge is 0.119 e. The Morgan fingerprint density at radius 3 is 2.45 bits per heavy atom. The highest BCUT2D eigenvalue weighted by Gasteiger charge is 2.08. The van der Waals surface area contributed by atoms with Gasteiger partial charge < -0.3 is 5.11 Å². The second-order valence-corrected chi connectivity index (χ2v) is 6.08. The van der Waals surface area contributed by atoms with Crippen molar-refractivity contribution in [1.29, 1.82) is 0 Å². The van der Waals surface area contributed by atoms with Gasteiger partial charge in [-0.2, -0.15) is 0 Å². The summed E-state index contributed by atoms with van der Waals surface area (Å²) in [6.45, 7) is 0. The van der Waals surface area contributed by atoms with E-state index in [1.54, 1.807) is 6.07 Å². The van der Waals surface area contributed by atoms with E-state index in [2.05, 4.69) is 22.0 Å². The van der Waals surface area contributed by atoms with E-state index in [0.29, 0.717) is 12.2 Å². The molecule has 3 rings (SSSR count). The van der Waals surface area contributed by atoms with Crippen molar-refractivity contribution in [2.45, 2.75) is 6.42 Å². The van der Waals surface area contributed by atoms with Gasteiger partial charge in [0.1, 0.15) is 5.75 Å². The third kappa shape index (κ3) is 2.67. The highest BCUT2D eigenvalue weighted by molar-refractivity contribution is 9.10. The van der Waals surface area contributed by atoms with Crippen molar-refractivity contribution in [2.24, 2.45) is 0 Å². The van der Waals surface area contributed by atoms with Crippen LogP contribution < -0.4 is 0 Å². The maximum atomic E-state index is 10.2. The molecule has 100 valence electrons. The summed E-state index contributed by atoms with van der Waals surface area (Å²) in [5.41, 5.74) is 2.07. The zero-order chi connectivity index (χ0) is 14.1. The van der Waals surface area contributed by atoms with E-state index in [4.69, 9.17) is 11.6 Å². The molecule has 0 aliphatic carbocycles. The molecule has 0 aromatic heterocycles. The molecule has 0 saturated carbocycles. The Hall–Kier alpha value is -1.51. The maximum Gasteiger partial charge on any atom is 0.119 e. The fourth-order valence-corrected chi connectivity index (χ4v) is 2.85. The summed E-state index contributed by atoms with van der Waals surface area (Å²) in [6.07, 6.45) is 0.683. The van der Waals surface area contributed by atoms with Crippen LogP contribution in [0.3, 0.4) is 0 Å². The lowest BCUT2D eigenvalue weighted by Crippen LogP contribution is -1.91. The highest BCUT2D eigenvalue weighted by atomic mass is 79.9. The van der Waals surface area contributed by atoms with Crippen molar-refractivity contribution in [3.8, 4) is 5.75 Å². The van der Waals surface area contributed by atoms with Crippen LogP contribution in [0.15, 0.2) is 59.1 Å². The largest absolute Gasteiger partial charge is 0.508 e. The summed E-state index contributed by atoms with van der Waals surface area (Å²) in [5.74, 6) is 0.328. The summed E-state index contributed by atoms with van der Waals surface area (Å²) in [7, 11) is 0. The molecule has 0 amide bonds. The Morgan fingerprint density at radius 1 is 0.950 bits per heavy atom. The molecule has 3 aromatic carbocycles. The number of aromatic hydroxyl groups is 1. The fraction of sp³-hybridized carbons (Fsp3) is 0.0588. The molecule has 3 aromatic rings. The van der Waals surface area contributed by atoms with E-state index in [-0.39, 0.29) is 0 Å². The lowest BCUT2D eigenvalue weighted by atomic mass is 9.97. The summed E-state index contributed by atoms with van der Waals surface area (Å²) >= 11 is 9.38. The van der Waals surface area contributed by atoms with Crippen LogP contribution in [-0.4, -0.2) is 5.11 Å². The standard InChI is InChI=1S/C17H12BrClO/c18-13-4-7-15-12(10-13)3-8-17(20)16(15)9-11-1-5-14(19)6-2-11/h1-8,10,20H,9H2. The predicted molar refractivity (Wildman–Crippen MR) is 87.6 cm³/mol. The average molecular weight is 348 g/mol. The molecule has 0 aliphatic rings. The number of phenols is 1. The minimum Gasteiger partial charge on any atom is -0.508 e. The zero-order valence-corrected chi connectivity index (χ0v) is 12.9. The first-order valence-corrected chi connectivity index (χ1v) is 7.45. The Bertz CT molecular complexity index is 766. The van der Waals surface area contributed by atoms with Gasteiger partial charge >= 0.3 is 0 Å². The van der Waals surface area contributed by atoms with Crippen LogP contribution in [0.1, 0.15) is 11.1 Å². The van der Waals surface area contributed by atoms with E-state index in [1.807, 2.05) is 42.5 Å². The minimum atomic E-state index is 0.328. The van der Waals surface area contributed by atoms with Crippen LogP contribution in [0.5, 0.6) is 5.75 Å². The van der Waals surface area contributed by atoms with Gasteiger partial charge in [0.2, 0.25) is 0 Å². The lowest BCUT2D eigenvalue weighted by Gasteiger charge is -2.10.